The fraction of sp³-hybridized carbons (Fsp3) is 0.520. The van der Waals surface area contributed by atoms with E-state index in [9.17, 15) is 39.6 Å². The number of hydrogen-bond acceptors (Lipinski definition) is 8. The number of esters is 1. The van der Waals surface area contributed by atoms with Crippen molar-refractivity contribution in [2.45, 2.75) is 75.1 Å². The summed E-state index contributed by atoms with van der Waals surface area (Å²) in [4.78, 5) is 47.6. The van der Waals surface area contributed by atoms with E-state index in [4.69, 9.17) is 14.2 Å². The Morgan fingerprint density at radius 2 is 1.75 bits per heavy atom. The van der Waals surface area contributed by atoms with Crippen LogP contribution in [0.5, 0.6) is 0 Å². The highest BCUT2D eigenvalue weighted by Crippen LogP contribution is 2.54. The maximum atomic E-state index is 12.1. The first-order chi connectivity index (χ1) is 16.8. The second kappa shape index (κ2) is 10.00. The fourth-order valence-electron chi connectivity index (χ4n) is 5.08. The molecule has 6 atom stereocenters. The van der Waals surface area contributed by atoms with Gasteiger partial charge in [-0.15, -0.1) is 0 Å². The lowest BCUT2D eigenvalue weighted by atomic mass is 9.76. The van der Waals surface area contributed by atoms with E-state index >= 15 is 0 Å². The van der Waals surface area contributed by atoms with Gasteiger partial charge in [-0.25, -0.2) is 14.4 Å². The van der Waals surface area contributed by atoms with E-state index in [0.29, 0.717) is 12.0 Å². The zero-order chi connectivity index (χ0) is 26.9. The molecule has 1 aromatic rings. The van der Waals surface area contributed by atoms with Gasteiger partial charge in [0.2, 0.25) is 17.3 Å². The average Bonchev–Trinajstić information content (AvgIpc) is 3.16. The quantitative estimate of drug-likeness (QED) is 0.254. The van der Waals surface area contributed by atoms with Crippen LogP contribution in [-0.4, -0.2) is 73.5 Å². The average molecular weight is 507 g/mol. The number of carboxylic acid groups (broad SMARTS) is 3. The Labute approximate surface area is 207 Å². The molecule has 3 rings (SSSR count). The van der Waals surface area contributed by atoms with Gasteiger partial charge in [-0.3, -0.25) is 4.79 Å². The summed E-state index contributed by atoms with van der Waals surface area (Å²) in [6.07, 6.45) is -3.20. The highest BCUT2D eigenvalue weighted by atomic mass is 16.8. The van der Waals surface area contributed by atoms with E-state index in [0.717, 1.165) is 5.56 Å². The molecular weight excluding hydrogens is 476 g/mol. The molecule has 4 unspecified atom stereocenters. The minimum atomic E-state index is -3.36. The van der Waals surface area contributed by atoms with Crippen LogP contribution in [0.3, 0.4) is 0 Å². The number of carbonyl (C=O) groups is 4. The summed E-state index contributed by atoms with van der Waals surface area (Å²) >= 11 is 0. The summed E-state index contributed by atoms with van der Waals surface area (Å²) in [6.45, 7) is 7.19. The molecule has 2 saturated heterocycles. The molecule has 4 N–H and O–H groups in total. The Bertz CT molecular complexity index is 1050. The molecule has 0 spiro atoms. The number of carbonyl (C=O) groups excluding carboxylic acids is 1. The summed E-state index contributed by atoms with van der Waals surface area (Å²) < 4.78 is 16.6. The van der Waals surface area contributed by atoms with Gasteiger partial charge in [0.25, 0.3) is 0 Å². The number of fused-ring (bicyclic) bond motifs is 2. The van der Waals surface area contributed by atoms with Crippen LogP contribution in [0.15, 0.2) is 42.5 Å². The Kier molecular flexibility index (Phi) is 7.58. The Morgan fingerprint density at radius 3 is 2.28 bits per heavy atom. The molecule has 2 heterocycles. The summed E-state index contributed by atoms with van der Waals surface area (Å²) in [6, 6.07) is 9.54. The zero-order valence-electron chi connectivity index (χ0n) is 20.0. The lowest BCUT2D eigenvalue weighted by Crippen LogP contribution is -2.75. The van der Waals surface area contributed by atoms with Gasteiger partial charge in [-0.2, -0.15) is 0 Å². The molecule has 1 aromatic carbocycles. The maximum absolute atomic E-state index is 12.1. The predicted octanol–water partition coefficient (Wildman–Crippen LogP) is 1.76. The number of ether oxygens (including phenoxy) is 3. The SMILES string of the molecule is C=C(CCC12CCC(C(=O)O)(O1)C(O)(C(=O)O)C(C(=O)O)O2)[C@@H](OC(C)=O)[C@H](C)Cc1ccccc1. The molecule has 36 heavy (non-hydrogen) atoms. The van der Waals surface area contributed by atoms with E-state index < -0.39 is 59.5 Å². The van der Waals surface area contributed by atoms with Crippen molar-refractivity contribution in [3.63, 3.8) is 0 Å². The monoisotopic (exact) mass is 506 g/mol. The first-order valence-corrected chi connectivity index (χ1v) is 11.5. The molecular formula is C25H30O11. The first kappa shape index (κ1) is 27.3. The van der Waals surface area contributed by atoms with Crippen LogP contribution in [0.2, 0.25) is 0 Å². The maximum Gasteiger partial charge on any atom is 0.342 e. The van der Waals surface area contributed by atoms with Crippen LogP contribution in [0.25, 0.3) is 0 Å². The van der Waals surface area contributed by atoms with Crippen molar-refractivity contribution >= 4 is 23.9 Å². The van der Waals surface area contributed by atoms with Crippen molar-refractivity contribution in [3.05, 3.63) is 48.0 Å². The van der Waals surface area contributed by atoms with Gasteiger partial charge < -0.3 is 34.6 Å². The van der Waals surface area contributed by atoms with Crippen LogP contribution in [0.4, 0.5) is 0 Å². The second-order valence-corrected chi connectivity index (χ2v) is 9.41. The molecule has 11 nitrogen and oxygen atoms in total. The minimum absolute atomic E-state index is 0.0879. The highest BCUT2D eigenvalue weighted by molar-refractivity contribution is 5.97. The number of rotatable bonds is 11. The first-order valence-electron chi connectivity index (χ1n) is 11.5. The molecule has 0 aromatic heterocycles. The van der Waals surface area contributed by atoms with Crippen LogP contribution in [0, 0.1) is 5.92 Å². The summed E-state index contributed by atoms with van der Waals surface area (Å²) in [5.74, 6) is -8.23. The molecule has 2 bridgehead atoms. The highest BCUT2D eigenvalue weighted by Gasteiger charge is 2.78. The lowest BCUT2D eigenvalue weighted by molar-refractivity contribution is -0.362. The van der Waals surface area contributed by atoms with E-state index in [1.807, 2.05) is 37.3 Å². The van der Waals surface area contributed by atoms with Crippen LogP contribution in [0.1, 0.15) is 45.1 Å². The Balaban J connectivity index is 1.83. The Hall–Kier alpha value is -3.28. The van der Waals surface area contributed by atoms with E-state index in [2.05, 4.69) is 6.58 Å². The topological polar surface area (TPSA) is 177 Å². The van der Waals surface area contributed by atoms with E-state index in [-0.39, 0.29) is 25.2 Å². The van der Waals surface area contributed by atoms with Gasteiger partial charge in [0, 0.05) is 25.7 Å². The number of carboxylic acids is 3. The number of hydrogen-bond donors (Lipinski definition) is 4. The van der Waals surface area contributed by atoms with Crippen molar-refractivity contribution in [1.29, 1.82) is 0 Å². The third kappa shape index (κ3) is 4.73. The van der Waals surface area contributed by atoms with Crippen molar-refractivity contribution in [1.82, 2.24) is 0 Å². The summed E-state index contributed by atoms with van der Waals surface area (Å²) in [7, 11) is 0. The van der Waals surface area contributed by atoms with Crippen molar-refractivity contribution in [2.75, 3.05) is 0 Å². The molecule has 0 radical (unpaired) electrons. The van der Waals surface area contributed by atoms with Crippen LogP contribution in [-0.2, 0) is 39.8 Å². The molecule has 0 amide bonds. The molecule has 2 fully saturated rings. The van der Waals surface area contributed by atoms with E-state index in [1.165, 1.54) is 6.92 Å². The van der Waals surface area contributed by atoms with Crippen LogP contribution >= 0.6 is 0 Å². The van der Waals surface area contributed by atoms with Gasteiger partial charge in [-0.05, 0) is 30.4 Å². The van der Waals surface area contributed by atoms with Crippen molar-refractivity contribution in [3.8, 4) is 0 Å². The molecule has 0 aliphatic carbocycles. The molecule has 2 aliphatic rings. The van der Waals surface area contributed by atoms with Crippen molar-refractivity contribution < 1.29 is 53.8 Å². The largest absolute Gasteiger partial charge is 0.479 e. The number of aliphatic carboxylic acids is 3. The van der Waals surface area contributed by atoms with Gasteiger partial charge in [0.1, 0.15) is 6.10 Å². The zero-order valence-corrected chi connectivity index (χ0v) is 20.0. The molecule has 0 saturated carbocycles. The molecule has 196 valence electrons. The number of aliphatic hydroxyl groups is 1. The molecule has 2 aliphatic heterocycles. The fourth-order valence-corrected chi connectivity index (χ4v) is 5.08. The van der Waals surface area contributed by atoms with E-state index in [1.54, 1.807) is 0 Å². The summed E-state index contributed by atoms with van der Waals surface area (Å²) in [5, 5.41) is 39.8. The normalized spacial score (nSPS) is 30.7. The summed E-state index contributed by atoms with van der Waals surface area (Å²) in [5.41, 5.74) is -4.59. The Morgan fingerprint density at radius 1 is 1.11 bits per heavy atom. The van der Waals surface area contributed by atoms with Crippen LogP contribution < -0.4 is 0 Å². The smallest absolute Gasteiger partial charge is 0.342 e. The standard InChI is InChI=1S/C25H30O11/c1-14(18(34-16(3)26)15(2)13-17-7-5-4-6-8-17)9-10-23-11-12-24(36-23,21(29)30)25(33,22(31)32)19(35-23)20(27)28/h4-8,15,18-19,33H,1,9-13H2,2-3H3,(H,27,28)(H,29,30)(H,31,32)/t15-,18-,19?,23?,24?,25?/m1/s1. The molecule has 11 heteroatoms. The second-order valence-electron chi connectivity index (χ2n) is 9.41. The predicted molar refractivity (Wildman–Crippen MR) is 122 cm³/mol. The van der Waals surface area contributed by atoms with Gasteiger partial charge in [-0.1, -0.05) is 43.8 Å². The third-order valence-corrected chi connectivity index (χ3v) is 6.88. The van der Waals surface area contributed by atoms with Crippen molar-refractivity contribution in [2.24, 2.45) is 5.92 Å². The lowest BCUT2D eigenvalue weighted by Gasteiger charge is -2.48. The van der Waals surface area contributed by atoms with Gasteiger partial charge in [0.05, 0.1) is 0 Å². The van der Waals surface area contributed by atoms with Gasteiger partial charge >= 0.3 is 23.9 Å². The van der Waals surface area contributed by atoms with Gasteiger partial charge in [0.15, 0.2) is 5.79 Å². The minimum Gasteiger partial charge on any atom is -0.479 e. The number of benzene rings is 1. The third-order valence-electron chi connectivity index (χ3n) is 6.88.